The first-order valence-corrected chi connectivity index (χ1v) is 11.7. The molecule has 4 rings (SSSR count). The van der Waals surface area contributed by atoms with Crippen LogP contribution in [-0.2, 0) is 16.0 Å². The van der Waals surface area contributed by atoms with Gasteiger partial charge in [0, 0.05) is 18.8 Å². The van der Waals surface area contributed by atoms with E-state index in [1.54, 1.807) is 6.07 Å². The Bertz CT molecular complexity index is 967. The van der Waals surface area contributed by atoms with Gasteiger partial charge in [0.2, 0.25) is 5.91 Å². The zero-order chi connectivity index (χ0) is 22.5. The fourth-order valence-corrected chi connectivity index (χ4v) is 4.60. The molecule has 1 atom stereocenters. The molecule has 32 heavy (non-hydrogen) atoms. The lowest BCUT2D eigenvalue weighted by molar-refractivity contribution is -0.121. The molecule has 1 saturated heterocycles. The molecule has 0 spiro atoms. The predicted molar refractivity (Wildman–Crippen MR) is 127 cm³/mol. The average Bonchev–Trinajstić information content (AvgIpc) is 2.79. The van der Waals surface area contributed by atoms with Crippen LogP contribution >= 0.6 is 0 Å². The van der Waals surface area contributed by atoms with E-state index >= 15 is 0 Å². The van der Waals surface area contributed by atoms with Gasteiger partial charge in [-0.3, -0.25) is 9.59 Å². The highest BCUT2D eigenvalue weighted by Gasteiger charge is 2.23. The highest BCUT2D eigenvalue weighted by molar-refractivity contribution is 5.95. The summed E-state index contributed by atoms with van der Waals surface area (Å²) < 4.78 is 5.49. The third-order valence-corrected chi connectivity index (χ3v) is 6.09. The van der Waals surface area contributed by atoms with E-state index in [0.29, 0.717) is 17.4 Å². The van der Waals surface area contributed by atoms with Crippen molar-refractivity contribution in [1.29, 1.82) is 0 Å². The summed E-state index contributed by atoms with van der Waals surface area (Å²) in [4.78, 5) is 27.0. The SMILES string of the molecule is CC(C)CC(NC(=O)Cc1ccc2c(c1)OCC(=O)N2)c1ccccc1N1CCCCC1. The van der Waals surface area contributed by atoms with Crippen LogP contribution in [0.25, 0.3) is 0 Å². The van der Waals surface area contributed by atoms with Gasteiger partial charge < -0.3 is 20.3 Å². The Morgan fingerprint density at radius 2 is 1.91 bits per heavy atom. The van der Waals surface area contributed by atoms with Crippen LogP contribution in [0.1, 0.15) is 56.7 Å². The number of para-hydroxylation sites is 1. The van der Waals surface area contributed by atoms with Crippen LogP contribution in [0.4, 0.5) is 11.4 Å². The lowest BCUT2D eigenvalue weighted by atomic mass is 9.94. The fraction of sp³-hybridized carbons (Fsp3) is 0.462. The molecule has 0 aliphatic carbocycles. The second kappa shape index (κ2) is 10.1. The van der Waals surface area contributed by atoms with Gasteiger partial charge >= 0.3 is 0 Å². The summed E-state index contributed by atoms with van der Waals surface area (Å²) in [6, 6.07) is 14.0. The van der Waals surface area contributed by atoms with Crippen molar-refractivity contribution in [3.8, 4) is 5.75 Å². The van der Waals surface area contributed by atoms with Gasteiger partial charge in [-0.05, 0) is 60.9 Å². The molecule has 2 N–H and O–H groups in total. The Morgan fingerprint density at radius 1 is 1.12 bits per heavy atom. The lowest BCUT2D eigenvalue weighted by Crippen LogP contribution is -2.34. The summed E-state index contributed by atoms with van der Waals surface area (Å²) in [5, 5.41) is 6.09. The number of carbonyl (C=O) groups is 2. The Hall–Kier alpha value is -3.02. The number of piperidine rings is 1. The van der Waals surface area contributed by atoms with Gasteiger partial charge in [0.05, 0.1) is 18.2 Å². The Kier molecular flexibility index (Phi) is 6.98. The Morgan fingerprint density at radius 3 is 2.69 bits per heavy atom. The molecule has 2 aromatic carbocycles. The van der Waals surface area contributed by atoms with Crippen LogP contribution in [0.2, 0.25) is 0 Å². The molecular formula is C26H33N3O3. The molecule has 6 heteroatoms. The Balaban J connectivity index is 1.50. The first-order valence-electron chi connectivity index (χ1n) is 11.7. The lowest BCUT2D eigenvalue weighted by Gasteiger charge is -2.33. The topological polar surface area (TPSA) is 70.7 Å². The van der Waals surface area contributed by atoms with Crippen LogP contribution in [0, 0.1) is 5.92 Å². The van der Waals surface area contributed by atoms with Crippen LogP contribution in [0.3, 0.4) is 0 Å². The molecule has 0 bridgehead atoms. The van der Waals surface area contributed by atoms with Gasteiger partial charge in [-0.25, -0.2) is 0 Å². The molecule has 2 aromatic rings. The average molecular weight is 436 g/mol. The zero-order valence-electron chi connectivity index (χ0n) is 19.0. The minimum absolute atomic E-state index is 0.00635. The molecule has 2 aliphatic rings. The van der Waals surface area contributed by atoms with Crippen molar-refractivity contribution in [2.24, 2.45) is 5.92 Å². The molecule has 0 radical (unpaired) electrons. The number of fused-ring (bicyclic) bond motifs is 1. The van der Waals surface area contributed by atoms with E-state index in [1.165, 1.54) is 30.5 Å². The predicted octanol–water partition coefficient (Wildman–Crippen LogP) is 4.45. The van der Waals surface area contributed by atoms with E-state index in [1.807, 2.05) is 12.1 Å². The van der Waals surface area contributed by atoms with Crippen molar-refractivity contribution in [3.63, 3.8) is 0 Å². The number of nitrogens with zero attached hydrogens (tertiary/aromatic N) is 1. The number of ether oxygens (including phenoxy) is 1. The number of carbonyl (C=O) groups excluding carboxylic acids is 2. The van der Waals surface area contributed by atoms with Crippen molar-refractivity contribution in [2.45, 2.75) is 52.0 Å². The first kappa shape index (κ1) is 22.2. The van der Waals surface area contributed by atoms with Gasteiger partial charge in [-0.15, -0.1) is 0 Å². The highest BCUT2D eigenvalue weighted by atomic mass is 16.5. The maximum Gasteiger partial charge on any atom is 0.262 e. The molecule has 2 amide bonds. The number of nitrogens with one attached hydrogen (secondary N) is 2. The monoisotopic (exact) mass is 435 g/mol. The number of amides is 2. The van der Waals surface area contributed by atoms with Crippen LogP contribution < -0.4 is 20.3 Å². The van der Waals surface area contributed by atoms with Gasteiger partial charge in [-0.2, -0.15) is 0 Å². The maximum atomic E-state index is 13.1. The zero-order valence-corrected chi connectivity index (χ0v) is 19.0. The van der Waals surface area contributed by atoms with Gasteiger partial charge in [0.1, 0.15) is 5.75 Å². The van der Waals surface area contributed by atoms with Crippen molar-refractivity contribution >= 4 is 23.2 Å². The molecule has 0 aromatic heterocycles. The minimum Gasteiger partial charge on any atom is -0.482 e. The second-order valence-electron chi connectivity index (χ2n) is 9.20. The first-order chi connectivity index (χ1) is 15.5. The van der Waals surface area contributed by atoms with Crippen molar-refractivity contribution in [3.05, 3.63) is 53.6 Å². The van der Waals surface area contributed by atoms with Crippen molar-refractivity contribution < 1.29 is 14.3 Å². The molecule has 1 fully saturated rings. The third-order valence-electron chi connectivity index (χ3n) is 6.09. The number of anilines is 2. The standard InChI is InChI=1S/C26H33N3O3/c1-18(2)14-22(20-8-4-5-9-23(20)29-12-6-3-7-13-29)28-25(30)16-19-10-11-21-24(15-19)32-17-26(31)27-21/h4-5,8-11,15,18,22H,3,6-7,12-14,16-17H2,1-2H3,(H,27,31)(H,28,30). The van der Waals surface area contributed by atoms with Gasteiger partial charge in [0.25, 0.3) is 5.91 Å². The summed E-state index contributed by atoms with van der Waals surface area (Å²) in [6.45, 7) is 6.54. The maximum absolute atomic E-state index is 13.1. The molecule has 0 saturated carbocycles. The van der Waals surface area contributed by atoms with Crippen LogP contribution in [0.5, 0.6) is 5.75 Å². The summed E-state index contributed by atoms with van der Waals surface area (Å²) in [6.07, 6.45) is 4.88. The van der Waals surface area contributed by atoms with Crippen LogP contribution in [0.15, 0.2) is 42.5 Å². The summed E-state index contributed by atoms with van der Waals surface area (Å²) >= 11 is 0. The normalized spacial score (nSPS) is 16.7. The van der Waals surface area contributed by atoms with Crippen LogP contribution in [-0.4, -0.2) is 31.5 Å². The summed E-state index contributed by atoms with van der Waals surface area (Å²) in [7, 11) is 0. The Labute approximate surface area is 190 Å². The number of rotatable bonds is 7. The number of hydrogen-bond acceptors (Lipinski definition) is 4. The van der Waals surface area contributed by atoms with E-state index in [-0.39, 0.29) is 30.9 Å². The van der Waals surface area contributed by atoms with E-state index in [0.717, 1.165) is 25.1 Å². The summed E-state index contributed by atoms with van der Waals surface area (Å²) in [5.74, 6) is 0.898. The minimum atomic E-state index is -0.160. The number of benzene rings is 2. The number of hydrogen-bond donors (Lipinski definition) is 2. The van der Waals surface area contributed by atoms with E-state index in [2.05, 4.69) is 53.6 Å². The molecule has 1 unspecified atom stereocenters. The highest BCUT2D eigenvalue weighted by Crippen LogP contribution is 2.33. The van der Waals surface area contributed by atoms with Crippen molar-refractivity contribution in [1.82, 2.24) is 5.32 Å². The van der Waals surface area contributed by atoms with Crippen molar-refractivity contribution in [2.75, 3.05) is 29.9 Å². The molecule has 170 valence electrons. The molecular weight excluding hydrogens is 402 g/mol. The van der Waals surface area contributed by atoms with E-state index in [4.69, 9.17) is 4.74 Å². The van der Waals surface area contributed by atoms with Gasteiger partial charge in [0.15, 0.2) is 6.61 Å². The smallest absolute Gasteiger partial charge is 0.262 e. The third kappa shape index (κ3) is 5.42. The largest absolute Gasteiger partial charge is 0.482 e. The van der Waals surface area contributed by atoms with E-state index < -0.39 is 0 Å². The van der Waals surface area contributed by atoms with Gasteiger partial charge in [-0.1, -0.05) is 38.1 Å². The van der Waals surface area contributed by atoms with E-state index in [9.17, 15) is 9.59 Å². The summed E-state index contributed by atoms with van der Waals surface area (Å²) in [5.41, 5.74) is 3.97. The molecule has 6 nitrogen and oxygen atoms in total. The second-order valence-corrected chi connectivity index (χ2v) is 9.20. The molecule has 2 heterocycles. The quantitative estimate of drug-likeness (QED) is 0.674. The fourth-order valence-electron chi connectivity index (χ4n) is 4.60. The molecule has 2 aliphatic heterocycles.